The molecule has 20 heavy (non-hydrogen) atoms. The fourth-order valence-corrected chi connectivity index (χ4v) is 2.40. The molecule has 1 aromatic heterocycles. The zero-order chi connectivity index (χ0) is 13.0. The molecule has 0 aromatic carbocycles. The van der Waals surface area contributed by atoms with Crippen molar-refractivity contribution < 1.29 is 9.53 Å². The molecule has 6 nitrogen and oxygen atoms in total. The van der Waals surface area contributed by atoms with Gasteiger partial charge in [-0.05, 0) is 18.9 Å². The van der Waals surface area contributed by atoms with Gasteiger partial charge in [0.15, 0.2) is 0 Å². The molecule has 116 valence electrons. The van der Waals surface area contributed by atoms with Gasteiger partial charge in [0.1, 0.15) is 6.54 Å². The van der Waals surface area contributed by atoms with Crippen molar-refractivity contribution in [2.45, 2.75) is 31.5 Å². The molecule has 1 saturated heterocycles. The molecule has 1 aliphatic heterocycles. The average molecular weight is 325 g/mol. The van der Waals surface area contributed by atoms with Crippen molar-refractivity contribution in [3.05, 3.63) is 18.5 Å². The predicted octanol–water partition coefficient (Wildman–Crippen LogP) is 0.691. The van der Waals surface area contributed by atoms with E-state index in [4.69, 9.17) is 10.5 Å². The van der Waals surface area contributed by atoms with Gasteiger partial charge in [-0.2, -0.15) is 5.10 Å². The minimum atomic E-state index is 0. The second-order valence-corrected chi connectivity index (χ2v) is 4.56. The van der Waals surface area contributed by atoms with Crippen LogP contribution >= 0.6 is 24.8 Å². The number of piperidine rings is 1. The zero-order valence-electron chi connectivity index (χ0n) is 11.5. The number of amides is 1. The van der Waals surface area contributed by atoms with Crippen molar-refractivity contribution in [1.82, 2.24) is 14.7 Å². The molecule has 2 rings (SSSR count). The van der Waals surface area contributed by atoms with Gasteiger partial charge in [0.2, 0.25) is 5.91 Å². The third-order valence-corrected chi connectivity index (χ3v) is 3.45. The first kappa shape index (κ1) is 19.2. The molecule has 1 amide bonds. The number of aromatic nitrogens is 2. The highest BCUT2D eigenvalue weighted by Crippen LogP contribution is 2.19. The van der Waals surface area contributed by atoms with E-state index >= 15 is 0 Å². The highest BCUT2D eigenvalue weighted by Gasteiger charge is 2.30. The van der Waals surface area contributed by atoms with Crippen LogP contribution in [-0.4, -0.2) is 52.9 Å². The van der Waals surface area contributed by atoms with Gasteiger partial charge in [-0.15, -0.1) is 24.8 Å². The fraction of sp³-hybridized carbons (Fsp3) is 0.667. The van der Waals surface area contributed by atoms with Crippen LogP contribution in [0.3, 0.4) is 0 Å². The summed E-state index contributed by atoms with van der Waals surface area (Å²) in [6.07, 6.45) is 5.37. The highest BCUT2D eigenvalue weighted by molar-refractivity contribution is 5.85. The van der Waals surface area contributed by atoms with Gasteiger partial charge >= 0.3 is 0 Å². The Balaban J connectivity index is 0.00000180. The Hall–Kier alpha value is -0.820. The summed E-state index contributed by atoms with van der Waals surface area (Å²) in [6, 6.07) is 1.89. The van der Waals surface area contributed by atoms with Crippen molar-refractivity contribution >= 4 is 30.7 Å². The number of halogens is 2. The number of ether oxygens (including phenoxy) is 1. The number of rotatable bonds is 4. The molecular weight excluding hydrogens is 303 g/mol. The highest BCUT2D eigenvalue weighted by atomic mass is 35.5. The Labute approximate surface area is 131 Å². The lowest BCUT2D eigenvalue weighted by Gasteiger charge is -2.38. The second-order valence-electron chi connectivity index (χ2n) is 4.56. The van der Waals surface area contributed by atoms with Crippen LogP contribution < -0.4 is 5.73 Å². The molecule has 0 aliphatic carbocycles. The van der Waals surface area contributed by atoms with E-state index in [2.05, 4.69) is 5.10 Å². The van der Waals surface area contributed by atoms with Crippen LogP contribution in [0.25, 0.3) is 0 Å². The maximum atomic E-state index is 12.2. The Morgan fingerprint density at radius 2 is 2.25 bits per heavy atom. The van der Waals surface area contributed by atoms with E-state index in [0.717, 1.165) is 12.8 Å². The Kier molecular flexibility index (Phi) is 8.80. The second kappa shape index (κ2) is 9.18. The molecule has 1 fully saturated rings. The van der Waals surface area contributed by atoms with E-state index in [1.807, 2.05) is 11.0 Å². The standard InChI is InChI=1S/C12H20N4O2.2ClH/c1-18-11-3-6-16(10(7-11)8-13)12(17)9-15-5-2-4-14-15;;/h2,4-5,10-11H,3,6-9,13H2,1H3;2*1H. The summed E-state index contributed by atoms with van der Waals surface area (Å²) in [5, 5.41) is 4.05. The fourth-order valence-electron chi connectivity index (χ4n) is 2.40. The van der Waals surface area contributed by atoms with Crippen molar-refractivity contribution in [3.8, 4) is 0 Å². The van der Waals surface area contributed by atoms with Crippen LogP contribution in [-0.2, 0) is 16.1 Å². The number of hydrogen-bond donors (Lipinski definition) is 1. The number of nitrogens with zero attached hydrogens (tertiary/aromatic N) is 3. The first-order valence-corrected chi connectivity index (χ1v) is 6.24. The zero-order valence-corrected chi connectivity index (χ0v) is 13.1. The van der Waals surface area contributed by atoms with Crippen LogP contribution in [0.1, 0.15) is 12.8 Å². The smallest absolute Gasteiger partial charge is 0.244 e. The summed E-state index contributed by atoms with van der Waals surface area (Å²) >= 11 is 0. The largest absolute Gasteiger partial charge is 0.381 e. The van der Waals surface area contributed by atoms with Crippen LogP contribution in [0.15, 0.2) is 18.5 Å². The predicted molar refractivity (Wildman–Crippen MR) is 81.3 cm³/mol. The van der Waals surface area contributed by atoms with Crippen molar-refractivity contribution in [2.24, 2.45) is 5.73 Å². The van der Waals surface area contributed by atoms with Crippen LogP contribution in [0, 0.1) is 0 Å². The monoisotopic (exact) mass is 324 g/mol. The van der Waals surface area contributed by atoms with E-state index in [1.165, 1.54) is 0 Å². The summed E-state index contributed by atoms with van der Waals surface area (Å²) in [5.74, 6) is 0.0729. The topological polar surface area (TPSA) is 73.4 Å². The Morgan fingerprint density at radius 3 is 2.80 bits per heavy atom. The van der Waals surface area contributed by atoms with Gasteiger partial charge < -0.3 is 15.4 Å². The van der Waals surface area contributed by atoms with E-state index in [0.29, 0.717) is 13.1 Å². The molecule has 0 bridgehead atoms. The number of likely N-dealkylation sites (tertiary alicyclic amines) is 1. The lowest BCUT2D eigenvalue weighted by molar-refractivity contribution is -0.137. The van der Waals surface area contributed by atoms with E-state index in [-0.39, 0.29) is 49.4 Å². The molecule has 2 unspecified atom stereocenters. The lowest BCUT2D eigenvalue weighted by Crippen LogP contribution is -2.52. The molecule has 8 heteroatoms. The van der Waals surface area contributed by atoms with Gasteiger partial charge in [-0.3, -0.25) is 9.48 Å². The quantitative estimate of drug-likeness (QED) is 0.884. The number of methoxy groups -OCH3 is 1. The Bertz CT molecular complexity index is 389. The van der Waals surface area contributed by atoms with E-state index in [9.17, 15) is 4.79 Å². The van der Waals surface area contributed by atoms with E-state index in [1.54, 1.807) is 24.2 Å². The molecule has 0 radical (unpaired) electrons. The molecule has 1 aromatic rings. The first-order valence-electron chi connectivity index (χ1n) is 6.24. The number of carbonyl (C=O) groups is 1. The normalized spacial score (nSPS) is 21.8. The van der Waals surface area contributed by atoms with E-state index < -0.39 is 0 Å². The summed E-state index contributed by atoms with van der Waals surface area (Å²) < 4.78 is 6.98. The SMILES string of the molecule is COC1CCN(C(=O)Cn2cccn2)C(CN)C1.Cl.Cl. The van der Waals surface area contributed by atoms with Gasteiger partial charge in [0, 0.05) is 38.6 Å². The third kappa shape index (κ3) is 4.63. The summed E-state index contributed by atoms with van der Waals surface area (Å²) in [7, 11) is 1.71. The molecule has 0 saturated carbocycles. The van der Waals surface area contributed by atoms with Crippen molar-refractivity contribution in [1.29, 1.82) is 0 Å². The van der Waals surface area contributed by atoms with Crippen molar-refractivity contribution in [3.63, 3.8) is 0 Å². The van der Waals surface area contributed by atoms with Crippen LogP contribution in [0.5, 0.6) is 0 Å². The number of hydrogen-bond acceptors (Lipinski definition) is 4. The molecule has 2 heterocycles. The lowest BCUT2D eigenvalue weighted by atomic mass is 9.99. The van der Waals surface area contributed by atoms with Crippen LogP contribution in [0.2, 0.25) is 0 Å². The minimum absolute atomic E-state index is 0. The molecule has 1 aliphatic rings. The summed E-state index contributed by atoms with van der Waals surface area (Å²) in [4.78, 5) is 14.1. The third-order valence-electron chi connectivity index (χ3n) is 3.45. The average Bonchev–Trinajstić information content (AvgIpc) is 2.90. The summed E-state index contributed by atoms with van der Waals surface area (Å²) in [5.41, 5.74) is 5.75. The van der Waals surface area contributed by atoms with Gasteiger partial charge in [0.25, 0.3) is 0 Å². The van der Waals surface area contributed by atoms with Gasteiger partial charge in [-0.1, -0.05) is 0 Å². The number of nitrogens with two attached hydrogens (primary N) is 1. The number of carbonyl (C=O) groups excluding carboxylic acids is 1. The van der Waals surface area contributed by atoms with Gasteiger partial charge in [-0.25, -0.2) is 0 Å². The Morgan fingerprint density at radius 1 is 1.50 bits per heavy atom. The van der Waals surface area contributed by atoms with Gasteiger partial charge in [0.05, 0.1) is 6.10 Å². The minimum Gasteiger partial charge on any atom is -0.381 e. The molecule has 0 spiro atoms. The maximum Gasteiger partial charge on any atom is 0.244 e. The molecule has 2 N–H and O–H groups in total. The van der Waals surface area contributed by atoms with Crippen molar-refractivity contribution in [2.75, 3.05) is 20.2 Å². The maximum absolute atomic E-state index is 12.2. The molecule has 2 atom stereocenters. The molecular formula is C12H22Cl2N4O2. The summed E-state index contributed by atoms with van der Waals surface area (Å²) in [6.45, 7) is 1.46. The van der Waals surface area contributed by atoms with Crippen LogP contribution in [0.4, 0.5) is 0 Å². The first-order chi connectivity index (χ1) is 8.74.